The molecule has 0 radical (unpaired) electrons. The van der Waals surface area contributed by atoms with Crippen LogP contribution in [0.1, 0.15) is 46.0 Å². The van der Waals surface area contributed by atoms with Crippen LogP contribution >= 0.6 is 0 Å². The first-order valence-electron chi connectivity index (χ1n) is 6.60. The minimum absolute atomic E-state index is 0.188. The van der Waals surface area contributed by atoms with Gasteiger partial charge in [0.15, 0.2) is 0 Å². The molecule has 16 heavy (non-hydrogen) atoms. The molecule has 2 atom stereocenters. The molecular weight excluding hydrogens is 202 g/mol. The van der Waals surface area contributed by atoms with Crippen molar-refractivity contribution in [2.24, 2.45) is 0 Å². The Kier molecular flexibility index (Phi) is 7.01. The van der Waals surface area contributed by atoms with Crippen LogP contribution in [0.3, 0.4) is 0 Å². The van der Waals surface area contributed by atoms with Gasteiger partial charge in [-0.05, 0) is 26.7 Å². The van der Waals surface area contributed by atoms with Crippen LogP contribution in [0.2, 0.25) is 0 Å². The summed E-state index contributed by atoms with van der Waals surface area (Å²) in [4.78, 5) is 0. The van der Waals surface area contributed by atoms with E-state index >= 15 is 0 Å². The summed E-state index contributed by atoms with van der Waals surface area (Å²) in [5.41, 5.74) is 0. The molecule has 0 saturated heterocycles. The number of ether oxygens (including phenoxy) is 2. The van der Waals surface area contributed by atoms with Gasteiger partial charge in [0.1, 0.15) is 0 Å². The second-order valence-electron chi connectivity index (χ2n) is 4.96. The normalized spacial score (nSPS) is 21.9. The van der Waals surface area contributed by atoms with Crippen LogP contribution in [0.5, 0.6) is 0 Å². The lowest BCUT2D eigenvalue weighted by Crippen LogP contribution is -2.38. The number of rotatable bonds is 7. The predicted molar refractivity (Wildman–Crippen MR) is 66.8 cm³/mol. The molecule has 0 bridgehead atoms. The fourth-order valence-corrected chi connectivity index (χ4v) is 2.36. The van der Waals surface area contributed by atoms with Crippen molar-refractivity contribution in [1.82, 2.24) is 5.32 Å². The zero-order chi connectivity index (χ0) is 11.8. The van der Waals surface area contributed by atoms with Gasteiger partial charge in [0.2, 0.25) is 0 Å². The molecule has 0 amide bonds. The van der Waals surface area contributed by atoms with E-state index in [0.717, 1.165) is 12.6 Å². The average Bonchev–Trinajstić information content (AvgIpc) is 2.28. The minimum Gasteiger partial charge on any atom is -0.382 e. The summed E-state index contributed by atoms with van der Waals surface area (Å²) in [6.45, 7) is 5.81. The Hall–Kier alpha value is -0.120. The maximum absolute atomic E-state index is 5.79. The highest BCUT2D eigenvalue weighted by atomic mass is 16.5. The van der Waals surface area contributed by atoms with Crippen molar-refractivity contribution in [1.29, 1.82) is 0 Å². The van der Waals surface area contributed by atoms with E-state index in [2.05, 4.69) is 19.2 Å². The Bertz CT molecular complexity index is 169. The monoisotopic (exact) mass is 229 g/mol. The molecule has 1 aliphatic rings. The Balaban J connectivity index is 2.06. The molecule has 3 nitrogen and oxygen atoms in total. The molecule has 3 heteroatoms. The third-order valence-electron chi connectivity index (χ3n) is 3.17. The molecule has 1 fully saturated rings. The summed E-state index contributed by atoms with van der Waals surface area (Å²) in [5.74, 6) is 0. The molecule has 96 valence electrons. The van der Waals surface area contributed by atoms with Crippen LogP contribution in [0.25, 0.3) is 0 Å². The highest BCUT2D eigenvalue weighted by Crippen LogP contribution is 2.17. The maximum Gasteiger partial charge on any atom is 0.0784 e. The van der Waals surface area contributed by atoms with Crippen LogP contribution in [-0.2, 0) is 9.47 Å². The smallest absolute Gasteiger partial charge is 0.0784 e. The first-order valence-corrected chi connectivity index (χ1v) is 6.60. The van der Waals surface area contributed by atoms with E-state index in [-0.39, 0.29) is 12.2 Å². The van der Waals surface area contributed by atoms with Crippen molar-refractivity contribution in [2.75, 3.05) is 20.3 Å². The Morgan fingerprint density at radius 3 is 2.44 bits per heavy atom. The van der Waals surface area contributed by atoms with Crippen LogP contribution in [-0.4, -0.2) is 38.5 Å². The summed E-state index contributed by atoms with van der Waals surface area (Å²) >= 11 is 0. The van der Waals surface area contributed by atoms with Gasteiger partial charge in [-0.2, -0.15) is 0 Å². The summed E-state index contributed by atoms with van der Waals surface area (Å²) < 4.78 is 10.8. The summed E-state index contributed by atoms with van der Waals surface area (Å²) in [6, 6.07) is 0.720. The fraction of sp³-hybridized carbons (Fsp3) is 1.00. The van der Waals surface area contributed by atoms with Crippen molar-refractivity contribution in [2.45, 2.75) is 64.2 Å². The van der Waals surface area contributed by atoms with E-state index < -0.39 is 0 Å². The molecule has 0 aromatic carbocycles. The Labute approximate surface area is 99.9 Å². The standard InChI is InChI=1S/C13H27NO2/c1-11(16-12(2)10-15-3)9-14-13-7-5-4-6-8-13/h11-14H,4-10H2,1-3H3. The summed E-state index contributed by atoms with van der Waals surface area (Å²) in [6.07, 6.45) is 7.30. The van der Waals surface area contributed by atoms with Crippen LogP contribution in [0, 0.1) is 0 Å². The van der Waals surface area contributed by atoms with Gasteiger partial charge in [-0.25, -0.2) is 0 Å². The maximum atomic E-state index is 5.79. The minimum atomic E-state index is 0.188. The highest BCUT2D eigenvalue weighted by molar-refractivity contribution is 4.73. The third-order valence-corrected chi connectivity index (χ3v) is 3.17. The second-order valence-corrected chi connectivity index (χ2v) is 4.96. The SMILES string of the molecule is COCC(C)OC(C)CNC1CCCCC1. The third kappa shape index (κ3) is 5.83. The lowest BCUT2D eigenvalue weighted by molar-refractivity contribution is -0.0311. The molecule has 0 heterocycles. The Morgan fingerprint density at radius 2 is 1.81 bits per heavy atom. The topological polar surface area (TPSA) is 30.5 Å². The summed E-state index contributed by atoms with van der Waals surface area (Å²) in [5, 5.41) is 3.60. The largest absolute Gasteiger partial charge is 0.382 e. The zero-order valence-electron chi connectivity index (χ0n) is 11.0. The number of methoxy groups -OCH3 is 1. The van der Waals surface area contributed by atoms with E-state index in [1.807, 2.05) is 0 Å². The highest BCUT2D eigenvalue weighted by Gasteiger charge is 2.14. The molecule has 1 rings (SSSR count). The van der Waals surface area contributed by atoms with Gasteiger partial charge >= 0.3 is 0 Å². The quantitative estimate of drug-likeness (QED) is 0.727. The van der Waals surface area contributed by atoms with Crippen molar-refractivity contribution in [3.8, 4) is 0 Å². The van der Waals surface area contributed by atoms with Crippen molar-refractivity contribution in [3.63, 3.8) is 0 Å². The average molecular weight is 229 g/mol. The predicted octanol–water partition coefficient (Wildman–Crippen LogP) is 2.35. The van der Waals surface area contributed by atoms with Crippen molar-refractivity contribution in [3.05, 3.63) is 0 Å². The molecule has 2 unspecified atom stereocenters. The van der Waals surface area contributed by atoms with E-state index in [0.29, 0.717) is 6.61 Å². The molecule has 1 N–H and O–H groups in total. The van der Waals surface area contributed by atoms with Gasteiger partial charge in [0.25, 0.3) is 0 Å². The second kappa shape index (κ2) is 8.04. The zero-order valence-corrected chi connectivity index (χ0v) is 11.0. The molecule has 0 aliphatic heterocycles. The van der Waals surface area contributed by atoms with Gasteiger partial charge < -0.3 is 14.8 Å². The molecule has 0 spiro atoms. The molecule has 1 saturated carbocycles. The van der Waals surface area contributed by atoms with Crippen molar-refractivity contribution >= 4 is 0 Å². The first kappa shape index (κ1) is 13.9. The molecular formula is C13H27NO2. The van der Waals surface area contributed by atoms with Gasteiger partial charge in [0.05, 0.1) is 18.8 Å². The van der Waals surface area contributed by atoms with Crippen molar-refractivity contribution < 1.29 is 9.47 Å². The number of hydrogen-bond acceptors (Lipinski definition) is 3. The van der Waals surface area contributed by atoms with E-state index in [1.54, 1.807) is 7.11 Å². The van der Waals surface area contributed by atoms with Crippen LogP contribution in [0.4, 0.5) is 0 Å². The first-order chi connectivity index (χ1) is 7.72. The van der Waals surface area contributed by atoms with Gasteiger partial charge in [-0.3, -0.25) is 0 Å². The molecule has 0 aromatic rings. The van der Waals surface area contributed by atoms with E-state index in [1.165, 1.54) is 32.1 Å². The number of hydrogen-bond donors (Lipinski definition) is 1. The molecule has 1 aliphatic carbocycles. The summed E-state index contributed by atoms with van der Waals surface area (Å²) in [7, 11) is 1.71. The lowest BCUT2D eigenvalue weighted by Gasteiger charge is -2.25. The molecule has 0 aromatic heterocycles. The van der Waals surface area contributed by atoms with Gasteiger partial charge in [-0.15, -0.1) is 0 Å². The van der Waals surface area contributed by atoms with Crippen LogP contribution in [0.15, 0.2) is 0 Å². The fourth-order valence-electron chi connectivity index (χ4n) is 2.36. The number of nitrogens with one attached hydrogen (secondary N) is 1. The van der Waals surface area contributed by atoms with Gasteiger partial charge in [0, 0.05) is 19.7 Å². The Morgan fingerprint density at radius 1 is 1.12 bits per heavy atom. The van der Waals surface area contributed by atoms with Crippen LogP contribution < -0.4 is 5.32 Å². The lowest BCUT2D eigenvalue weighted by atomic mass is 9.95. The van der Waals surface area contributed by atoms with E-state index in [4.69, 9.17) is 9.47 Å². The van der Waals surface area contributed by atoms with Gasteiger partial charge in [-0.1, -0.05) is 19.3 Å². The van der Waals surface area contributed by atoms with E-state index in [9.17, 15) is 0 Å².